The van der Waals surface area contributed by atoms with Crippen LogP contribution in [0.25, 0.3) is 0 Å². The van der Waals surface area contributed by atoms with E-state index < -0.39 is 5.97 Å². The van der Waals surface area contributed by atoms with E-state index >= 15 is 0 Å². The first kappa shape index (κ1) is 14.8. The van der Waals surface area contributed by atoms with Gasteiger partial charge >= 0.3 is 5.97 Å². The van der Waals surface area contributed by atoms with E-state index in [2.05, 4.69) is 6.92 Å². The van der Waals surface area contributed by atoms with Gasteiger partial charge in [0.25, 0.3) is 0 Å². The monoisotopic (exact) mass is 269 g/mol. The molecule has 0 amide bonds. The van der Waals surface area contributed by atoms with Gasteiger partial charge in [0.15, 0.2) is 0 Å². The van der Waals surface area contributed by atoms with Crippen molar-refractivity contribution < 1.29 is 9.53 Å². The maximum Gasteiger partial charge on any atom is 0.340 e. The third-order valence-corrected chi connectivity index (χ3v) is 3.08. The minimum Gasteiger partial charge on any atom is -0.462 e. The zero-order chi connectivity index (χ0) is 13.4. The summed E-state index contributed by atoms with van der Waals surface area (Å²) in [4.78, 5) is 11.7. The molecule has 0 aliphatic rings. The Morgan fingerprint density at radius 3 is 2.72 bits per heavy atom. The van der Waals surface area contributed by atoms with E-state index in [9.17, 15) is 4.79 Å². The Bertz CT molecular complexity index is 393. The number of para-hydroxylation sites is 1. The van der Waals surface area contributed by atoms with Crippen LogP contribution in [-0.4, -0.2) is 12.6 Å². The van der Waals surface area contributed by atoms with Gasteiger partial charge in [0.05, 0.1) is 22.9 Å². The second-order valence-electron chi connectivity index (χ2n) is 4.25. The van der Waals surface area contributed by atoms with Crippen LogP contribution < -0.4 is 5.73 Å². The van der Waals surface area contributed by atoms with Crippen molar-refractivity contribution in [2.45, 2.75) is 39.0 Å². The predicted octanol–water partition coefficient (Wildman–Crippen LogP) is 4.05. The molecule has 0 aliphatic heterocycles. The van der Waals surface area contributed by atoms with Crippen LogP contribution in [0.4, 0.5) is 5.69 Å². The molecule has 18 heavy (non-hydrogen) atoms. The van der Waals surface area contributed by atoms with Crippen LogP contribution in [-0.2, 0) is 4.74 Å². The summed E-state index contributed by atoms with van der Waals surface area (Å²) < 4.78 is 5.17. The van der Waals surface area contributed by atoms with Gasteiger partial charge in [-0.2, -0.15) is 0 Å². The third-order valence-electron chi connectivity index (χ3n) is 2.75. The summed E-state index contributed by atoms with van der Waals surface area (Å²) >= 11 is 5.84. The lowest BCUT2D eigenvalue weighted by Gasteiger charge is -2.07. The minimum atomic E-state index is -0.398. The molecule has 0 spiro atoms. The van der Waals surface area contributed by atoms with Gasteiger partial charge < -0.3 is 10.5 Å². The number of hydrogen-bond donors (Lipinski definition) is 1. The first-order valence-corrected chi connectivity index (χ1v) is 6.75. The minimum absolute atomic E-state index is 0.287. The van der Waals surface area contributed by atoms with Crippen molar-refractivity contribution in [2.75, 3.05) is 12.3 Å². The van der Waals surface area contributed by atoms with E-state index in [1.807, 2.05) is 0 Å². The molecule has 100 valence electrons. The highest BCUT2D eigenvalue weighted by Gasteiger charge is 2.12. The van der Waals surface area contributed by atoms with Gasteiger partial charge in [0, 0.05) is 0 Å². The van der Waals surface area contributed by atoms with Gasteiger partial charge in [-0.05, 0) is 18.6 Å². The molecular formula is C14H20ClNO2. The number of halogens is 1. The van der Waals surface area contributed by atoms with Crippen LogP contribution >= 0.6 is 11.6 Å². The normalized spacial score (nSPS) is 10.3. The number of anilines is 1. The number of unbranched alkanes of at least 4 members (excludes halogenated alkanes) is 4. The summed E-state index contributed by atoms with van der Waals surface area (Å²) in [6.45, 7) is 2.61. The number of hydrogen-bond acceptors (Lipinski definition) is 3. The zero-order valence-electron chi connectivity index (χ0n) is 10.7. The molecule has 0 heterocycles. The number of ether oxygens (including phenoxy) is 1. The van der Waals surface area contributed by atoms with E-state index in [0.29, 0.717) is 17.2 Å². The molecule has 1 rings (SSSR count). The van der Waals surface area contributed by atoms with Crippen molar-refractivity contribution in [3.63, 3.8) is 0 Å². The molecule has 0 atom stereocenters. The molecule has 0 unspecified atom stereocenters. The summed E-state index contributed by atoms with van der Waals surface area (Å²) in [5.41, 5.74) is 6.35. The molecule has 4 heteroatoms. The van der Waals surface area contributed by atoms with Crippen LogP contribution in [0.15, 0.2) is 18.2 Å². The molecule has 3 nitrogen and oxygen atoms in total. The van der Waals surface area contributed by atoms with Gasteiger partial charge in [-0.25, -0.2) is 4.79 Å². The molecule has 1 aromatic rings. The highest BCUT2D eigenvalue weighted by Crippen LogP contribution is 2.23. The Hall–Kier alpha value is -1.22. The average Bonchev–Trinajstić information content (AvgIpc) is 2.36. The maximum atomic E-state index is 11.7. The lowest BCUT2D eigenvalue weighted by molar-refractivity contribution is 0.0499. The van der Waals surface area contributed by atoms with Crippen molar-refractivity contribution in [1.29, 1.82) is 0 Å². The Kier molecular flexibility index (Phi) is 6.58. The third kappa shape index (κ3) is 4.57. The standard InChI is InChI=1S/C14H20ClNO2/c1-2-3-4-5-6-10-18-14(17)11-8-7-9-12(15)13(11)16/h7-9H,2-6,10,16H2,1H3. The highest BCUT2D eigenvalue weighted by molar-refractivity contribution is 6.33. The molecular weight excluding hydrogens is 250 g/mol. The molecule has 0 aliphatic carbocycles. The van der Waals surface area contributed by atoms with Gasteiger partial charge in [0.2, 0.25) is 0 Å². The van der Waals surface area contributed by atoms with Crippen molar-refractivity contribution in [3.05, 3.63) is 28.8 Å². The Labute approximate surface area is 113 Å². The number of carbonyl (C=O) groups is 1. The van der Waals surface area contributed by atoms with Gasteiger partial charge in [0.1, 0.15) is 0 Å². The smallest absolute Gasteiger partial charge is 0.340 e. The van der Waals surface area contributed by atoms with E-state index in [0.717, 1.165) is 12.8 Å². The van der Waals surface area contributed by atoms with Crippen LogP contribution in [0.5, 0.6) is 0 Å². The molecule has 0 saturated carbocycles. The van der Waals surface area contributed by atoms with Gasteiger partial charge in [-0.3, -0.25) is 0 Å². The Morgan fingerprint density at radius 1 is 1.28 bits per heavy atom. The summed E-state index contributed by atoms with van der Waals surface area (Å²) in [5, 5.41) is 0.382. The van der Waals surface area contributed by atoms with Crippen molar-refractivity contribution in [1.82, 2.24) is 0 Å². The lowest BCUT2D eigenvalue weighted by Crippen LogP contribution is -2.09. The van der Waals surface area contributed by atoms with E-state index in [1.165, 1.54) is 19.3 Å². The predicted molar refractivity (Wildman–Crippen MR) is 74.9 cm³/mol. The number of esters is 1. The van der Waals surface area contributed by atoms with Crippen molar-refractivity contribution >= 4 is 23.3 Å². The molecule has 0 saturated heterocycles. The van der Waals surface area contributed by atoms with Crippen LogP contribution in [0.3, 0.4) is 0 Å². The van der Waals surface area contributed by atoms with Crippen LogP contribution in [0.1, 0.15) is 49.4 Å². The fourth-order valence-corrected chi connectivity index (χ4v) is 1.84. The van der Waals surface area contributed by atoms with Crippen molar-refractivity contribution in [2.24, 2.45) is 0 Å². The molecule has 0 aromatic heterocycles. The van der Waals surface area contributed by atoms with Gasteiger partial charge in [-0.1, -0.05) is 50.3 Å². The van der Waals surface area contributed by atoms with E-state index in [1.54, 1.807) is 18.2 Å². The largest absolute Gasteiger partial charge is 0.462 e. The second-order valence-corrected chi connectivity index (χ2v) is 4.66. The maximum absolute atomic E-state index is 11.7. The SMILES string of the molecule is CCCCCCCOC(=O)c1cccc(Cl)c1N. The van der Waals surface area contributed by atoms with E-state index in [-0.39, 0.29) is 5.69 Å². The van der Waals surface area contributed by atoms with Crippen LogP contribution in [0, 0.1) is 0 Å². The quantitative estimate of drug-likeness (QED) is 0.462. The zero-order valence-corrected chi connectivity index (χ0v) is 11.5. The topological polar surface area (TPSA) is 52.3 Å². The number of carbonyl (C=O) groups excluding carboxylic acids is 1. The molecule has 0 fully saturated rings. The average molecular weight is 270 g/mol. The fourth-order valence-electron chi connectivity index (χ4n) is 1.66. The molecule has 2 N–H and O–H groups in total. The first-order chi connectivity index (χ1) is 8.66. The first-order valence-electron chi connectivity index (χ1n) is 6.38. The summed E-state index contributed by atoms with van der Waals surface area (Å²) in [5.74, 6) is -0.398. The number of nitrogen functional groups attached to an aromatic ring is 1. The fraction of sp³-hybridized carbons (Fsp3) is 0.500. The summed E-state index contributed by atoms with van der Waals surface area (Å²) in [7, 11) is 0. The number of benzene rings is 1. The summed E-state index contributed by atoms with van der Waals surface area (Å²) in [6.07, 6.45) is 5.61. The highest BCUT2D eigenvalue weighted by atomic mass is 35.5. The van der Waals surface area contributed by atoms with Crippen molar-refractivity contribution in [3.8, 4) is 0 Å². The second kappa shape index (κ2) is 7.98. The molecule has 1 aromatic carbocycles. The summed E-state index contributed by atoms with van der Waals surface area (Å²) in [6, 6.07) is 4.97. The Balaban J connectivity index is 2.35. The van der Waals surface area contributed by atoms with Crippen LogP contribution in [0.2, 0.25) is 5.02 Å². The van der Waals surface area contributed by atoms with Gasteiger partial charge in [-0.15, -0.1) is 0 Å². The van der Waals surface area contributed by atoms with E-state index in [4.69, 9.17) is 22.1 Å². The Morgan fingerprint density at radius 2 is 2.00 bits per heavy atom. The number of rotatable bonds is 7. The number of nitrogens with two attached hydrogens (primary N) is 1. The lowest BCUT2D eigenvalue weighted by atomic mass is 10.1. The molecule has 0 bridgehead atoms. The molecule has 0 radical (unpaired) electrons.